The molecule has 2 heterocycles. The predicted molar refractivity (Wildman–Crippen MR) is 113 cm³/mol. The molecule has 1 aromatic heterocycles. The summed E-state index contributed by atoms with van der Waals surface area (Å²) in [6.07, 6.45) is 0. The van der Waals surface area contributed by atoms with Gasteiger partial charge in [0.2, 0.25) is 0 Å². The standard InChI is InChI=1S/C23H17F2NO4S/c1-12-10-13(5-8-17(12)30-2)21(27)19-20(18-4-3-9-31-18)26(23(29)22(19)28)16-7-6-14(24)11-15(16)25/h3-11,20,27H,1-2H3/b21-19-. The molecular weight excluding hydrogens is 424 g/mol. The van der Waals surface area contributed by atoms with Crippen molar-refractivity contribution in [1.29, 1.82) is 0 Å². The van der Waals surface area contributed by atoms with E-state index in [1.807, 2.05) is 0 Å². The number of amides is 1. The van der Waals surface area contributed by atoms with Gasteiger partial charge in [-0.05, 0) is 54.3 Å². The van der Waals surface area contributed by atoms with Gasteiger partial charge in [0.05, 0.1) is 18.4 Å². The van der Waals surface area contributed by atoms with Gasteiger partial charge in [-0.2, -0.15) is 0 Å². The molecular formula is C23H17F2NO4S. The Hall–Kier alpha value is -3.52. The van der Waals surface area contributed by atoms with E-state index in [4.69, 9.17) is 4.74 Å². The van der Waals surface area contributed by atoms with E-state index in [1.54, 1.807) is 42.6 Å². The Kier molecular flexibility index (Phi) is 5.32. The van der Waals surface area contributed by atoms with Gasteiger partial charge in [-0.3, -0.25) is 14.5 Å². The highest BCUT2D eigenvalue weighted by molar-refractivity contribution is 7.10. The number of aliphatic hydroxyl groups excluding tert-OH is 1. The van der Waals surface area contributed by atoms with Gasteiger partial charge < -0.3 is 9.84 Å². The summed E-state index contributed by atoms with van der Waals surface area (Å²) in [6.45, 7) is 1.78. The number of anilines is 1. The second-order valence-electron chi connectivity index (χ2n) is 6.96. The maximum atomic E-state index is 14.6. The summed E-state index contributed by atoms with van der Waals surface area (Å²) < 4.78 is 33.2. The van der Waals surface area contributed by atoms with Gasteiger partial charge in [-0.1, -0.05) is 6.07 Å². The van der Waals surface area contributed by atoms with E-state index >= 15 is 0 Å². The minimum atomic E-state index is -1.05. The van der Waals surface area contributed by atoms with E-state index in [1.165, 1.54) is 18.4 Å². The summed E-state index contributed by atoms with van der Waals surface area (Å²) in [7, 11) is 1.52. The number of carbonyl (C=O) groups is 2. The average Bonchev–Trinajstić information content (AvgIpc) is 3.35. The van der Waals surface area contributed by atoms with Crippen LogP contribution in [0.25, 0.3) is 5.76 Å². The molecule has 1 amide bonds. The van der Waals surface area contributed by atoms with Crippen LogP contribution in [0.15, 0.2) is 59.5 Å². The molecule has 158 valence electrons. The Morgan fingerprint density at radius 3 is 2.52 bits per heavy atom. The number of nitrogens with zero attached hydrogens (tertiary/aromatic N) is 1. The molecule has 1 saturated heterocycles. The lowest BCUT2D eigenvalue weighted by atomic mass is 9.98. The highest BCUT2D eigenvalue weighted by Gasteiger charge is 2.48. The third-order valence-electron chi connectivity index (χ3n) is 5.09. The first-order chi connectivity index (χ1) is 14.8. The van der Waals surface area contributed by atoms with Crippen LogP contribution >= 0.6 is 11.3 Å². The highest BCUT2D eigenvalue weighted by Crippen LogP contribution is 2.44. The molecule has 3 aromatic rings. The van der Waals surface area contributed by atoms with Crippen molar-refractivity contribution in [2.24, 2.45) is 0 Å². The van der Waals surface area contributed by atoms with E-state index in [9.17, 15) is 23.5 Å². The van der Waals surface area contributed by atoms with Crippen molar-refractivity contribution in [2.45, 2.75) is 13.0 Å². The number of rotatable bonds is 4. The van der Waals surface area contributed by atoms with E-state index < -0.39 is 29.4 Å². The molecule has 0 spiro atoms. The first kappa shape index (κ1) is 20.7. The number of aryl methyl sites for hydroxylation is 1. The number of hydrogen-bond acceptors (Lipinski definition) is 5. The van der Waals surface area contributed by atoms with Gasteiger partial charge >= 0.3 is 0 Å². The van der Waals surface area contributed by atoms with E-state index in [2.05, 4.69) is 0 Å². The van der Waals surface area contributed by atoms with Crippen LogP contribution < -0.4 is 9.64 Å². The highest BCUT2D eigenvalue weighted by atomic mass is 32.1. The summed E-state index contributed by atoms with van der Waals surface area (Å²) in [4.78, 5) is 27.4. The molecule has 0 bridgehead atoms. The Bertz CT molecular complexity index is 1220. The van der Waals surface area contributed by atoms with Crippen LogP contribution in [0.3, 0.4) is 0 Å². The summed E-state index contributed by atoms with van der Waals surface area (Å²) in [5.41, 5.74) is 0.628. The summed E-state index contributed by atoms with van der Waals surface area (Å²) in [6, 6.07) is 9.95. The zero-order chi connectivity index (χ0) is 22.3. The number of benzene rings is 2. The molecule has 8 heteroatoms. The van der Waals surface area contributed by atoms with Crippen LogP contribution in [-0.2, 0) is 9.59 Å². The molecule has 0 aliphatic carbocycles. The zero-order valence-electron chi connectivity index (χ0n) is 16.6. The Balaban J connectivity index is 1.93. The molecule has 1 aliphatic heterocycles. The molecule has 2 aromatic carbocycles. The Morgan fingerprint density at radius 2 is 1.90 bits per heavy atom. The Morgan fingerprint density at radius 1 is 1.13 bits per heavy atom. The molecule has 1 atom stereocenters. The van der Waals surface area contributed by atoms with Crippen LogP contribution in [0.4, 0.5) is 14.5 Å². The number of methoxy groups -OCH3 is 1. The second kappa shape index (κ2) is 7.96. The Labute approximate surface area is 180 Å². The van der Waals surface area contributed by atoms with Crippen molar-refractivity contribution in [3.63, 3.8) is 0 Å². The van der Waals surface area contributed by atoms with Crippen molar-refractivity contribution in [1.82, 2.24) is 0 Å². The van der Waals surface area contributed by atoms with Crippen molar-refractivity contribution >= 4 is 34.5 Å². The monoisotopic (exact) mass is 441 g/mol. The fourth-order valence-electron chi connectivity index (χ4n) is 3.65. The minimum absolute atomic E-state index is 0.166. The molecule has 1 aliphatic rings. The molecule has 1 N–H and O–H groups in total. The fourth-order valence-corrected chi connectivity index (χ4v) is 4.48. The van der Waals surface area contributed by atoms with Gasteiger partial charge in [0.25, 0.3) is 11.7 Å². The summed E-state index contributed by atoms with van der Waals surface area (Å²) >= 11 is 1.25. The number of hydrogen-bond donors (Lipinski definition) is 1. The molecule has 1 fully saturated rings. The summed E-state index contributed by atoms with van der Waals surface area (Å²) in [5, 5.41) is 12.8. The largest absolute Gasteiger partial charge is 0.507 e. The number of aliphatic hydroxyl groups is 1. The fraction of sp³-hybridized carbons (Fsp3) is 0.130. The van der Waals surface area contributed by atoms with Gasteiger partial charge in [0.1, 0.15) is 29.2 Å². The lowest BCUT2D eigenvalue weighted by molar-refractivity contribution is -0.132. The summed E-state index contributed by atoms with van der Waals surface area (Å²) in [5.74, 6) is -3.53. The number of ether oxygens (including phenoxy) is 1. The maximum absolute atomic E-state index is 14.6. The van der Waals surface area contributed by atoms with E-state index in [-0.39, 0.29) is 17.0 Å². The SMILES string of the molecule is COc1ccc(/C(O)=C2/C(=O)C(=O)N(c3ccc(F)cc3F)C2c2cccs2)cc1C. The van der Waals surface area contributed by atoms with Gasteiger partial charge in [0, 0.05) is 16.5 Å². The van der Waals surface area contributed by atoms with Crippen LogP contribution in [0.2, 0.25) is 0 Å². The average molecular weight is 441 g/mol. The smallest absolute Gasteiger partial charge is 0.300 e. The van der Waals surface area contributed by atoms with Gasteiger partial charge in [-0.15, -0.1) is 11.3 Å². The van der Waals surface area contributed by atoms with Crippen LogP contribution in [0.1, 0.15) is 22.0 Å². The number of ketones is 1. The normalized spacial score (nSPS) is 17.9. The first-order valence-electron chi connectivity index (χ1n) is 9.28. The number of Topliss-reactive ketones (excluding diaryl/α,β-unsaturated/α-hetero) is 1. The van der Waals surface area contributed by atoms with Crippen molar-refractivity contribution in [2.75, 3.05) is 12.0 Å². The molecule has 0 saturated carbocycles. The minimum Gasteiger partial charge on any atom is -0.507 e. The topological polar surface area (TPSA) is 66.8 Å². The zero-order valence-corrected chi connectivity index (χ0v) is 17.4. The molecule has 5 nitrogen and oxygen atoms in total. The number of carbonyl (C=O) groups excluding carboxylic acids is 2. The van der Waals surface area contributed by atoms with Crippen molar-refractivity contribution in [3.8, 4) is 5.75 Å². The van der Waals surface area contributed by atoms with Gasteiger partial charge in [0.15, 0.2) is 0 Å². The molecule has 31 heavy (non-hydrogen) atoms. The number of halogens is 2. The third-order valence-corrected chi connectivity index (χ3v) is 6.02. The second-order valence-corrected chi connectivity index (χ2v) is 7.94. The van der Waals surface area contributed by atoms with Gasteiger partial charge in [-0.25, -0.2) is 8.78 Å². The van der Waals surface area contributed by atoms with Crippen LogP contribution in [-0.4, -0.2) is 23.9 Å². The number of thiophene rings is 1. The van der Waals surface area contributed by atoms with E-state index in [0.717, 1.165) is 22.6 Å². The molecule has 1 unspecified atom stereocenters. The predicted octanol–water partition coefficient (Wildman–Crippen LogP) is 4.97. The lowest BCUT2D eigenvalue weighted by Gasteiger charge is -2.24. The quantitative estimate of drug-likeness (QED) is 0.353. The first-order valence-corrected chi connectivity index (χ1v) is 10.2. The molecule has 0 radical (unpaired) electrons. The maximum Gasteiger partial charge on any atom is 0.300 e. The van der Waals surface area contributed by atoms with Crippen LogP contribution in [0, 0.1) is 18.6 Å². The van der Waals surface area contributed by atoms with E-state index in [0.29, 0.717) is 22.3 Å². The van der Waals surface area contributed by atoms with Crippen LogP contribution in [0.5, 0.6) is 5.75 Å². The molecule has 4 rings (SSSR count). The third kappa shape index (κ3) is 3.48. The van der Waals surface area contributed by atoms with Crippen molar-refractivity contribution < 1.29 is 28.2 Å². The lowest BCUT2D eigenvalue weighted by Crippen LogP contribution is -2.30. The van der Waals surface area contributed by atoms with Crippen molar-refractivity contribution in [3.05, 3.63) is 87.1 Å².